The molecule has 1 nitrogen and oxygen atoms in total. The molecule has 0 spiro atoms. The fraction of sp³-hybridized carbons (Fsp3) is 0.200. The van der Waals surface area contributed by atoms with Crippen molar-refractivity contribution in [1.82, 2.24) is 0 Å². The minimum absolute atomic E-state index is 0.216. The Kier molecular flexibility index (Phi) is 4.55. The van der Waals surface area contributed by atoms with Crippen LogP contribution in [-0.4, -0.2) is 6.61 Å². The SMILES string of the molecule is FC(F)(F)c1cccc(OCCc2ccc(Cl)cc2)c1. The largest absolute Gasteiger partial charge is 0.493 e. The van der Waals surface area contributed by atoms with E-state index >= 15 is 0 Å². The predicted molar refractivity (Wildman–Crippen MR) is 72.1 cm³/mol. The number of hydrogen-bond acceptors (Lipinski definition) is 1. The lowest BCUT2D eigenvalue weighted by Crippen LogP contribution is -2.06. The molecule has 20 heavy (non-hydrogen) atoms. The highest BCUT2D eigenvalue weighted by atomic mass is 35.5. The molecule has 0 N–H and O–H groups in total. The summed E-state index contributed by atoms with van der Waals surface area (Å²) in [6.07, 6.45) is -3.75. The Morgan fingerprint density at radius 2 is 1.70 bits per heavy atom. The second-order valence-electron chi connectivity index (χ2n) is 4.25. The van der Waals surface area contributed by atoms with E-state index in [2.05, 4.69) is 0 Å². The van der Waals surface area contributed by atoms with Gasteiger partial charge in [-0.15, -0.1) is 0 Å². The van der Waals surface area contributed by atoms with E-state index in [1.807, 2.05) is 12.1 Å². The van der Waals surface area contributed by atoms with E-state index in [9.17, 15) is 13.2 Å². The summed E-state index contributed by atoms with van der Waals surface area (Å²) < 4.78 is 42.9. The lowest BCUT2D eigenvalue weighted by molar-refractivity contribution is -0.137. The molecule has 0 heterocycles. The van der Waals surface area contributed by atoms with Crippen LogP contribution in [0.15, 0.2) is 48.5 Å². The van der Waals surface area contributed by atoms with Crippen LogP contribution in [0.3, 0.4) is 0 Å². The van der Waals surface area contributed by atoms with E-state index < -0.39 is 11.7 Å². The Morgan fingerprint density at radius 3 is 2.35 bits per heavy atom. The van der Waals surface area contributed by atoms with Gasteiger partial charge in [0.05, 0.1) is 12.2 Å². The average molecular weight is 301 g/mol. The third-order valence-corrected chi connectivity index (χ3v) is 2.99. The normalized spacial score (nSPS) is 11.4. The standard InChI is InChI=1S/C15H12ClF3O/c16-13-6-4-11(5-7-13)8-9-20-14-3-1-2-12(10-14)15(17,18)19/h1-7,10H,8-9H2. The maximum atomic E-state index is 12.5. The Balaban J connectivity index is 1.93. The molecule has 0 aliphatic rings. The summed E-state index contributed by atoms with van der Waals surface area (Å²) in [6.45, 7) is 0.308. The maximum absolute atomic E-state index is 12.5. The van der Waals surface area contributed by atoms with Crippen LogP contribution in [0.25, 0.3) is 0 Å². The van der Waals surface area contributed by atoms with E-state index in [1.165, 1.54) is 12.1 Å². The number of ether oxygens (including phenoxy) is 1. The van der Waals surface area contributed by atoms with Crippen molar-refractivity contribution in [2.45, 2.75) is 12.6 Å². The molecule has 0 radical (unpaired) electrons. The zero-order valence-corrected chi connectivity index (χ0v) is 11.2. The highest BCUT2D eigenvalue weighted by Crippen LogP contribution is 2.31. The van der Waals surface area contributed by atoms with Crippen LogP contribution < -0.4 is 4.74 Å². The minimum atomic E-state index is -4.35. The van der Waals surface area contributed by atoms with Crippen LogP contribution in [0.4, 0.5) is 13.2 Å². The van der Waals surface area contributed by atoms with E-state index in [0.717, 1.165) is 17.7 Å². The van der Waals surface area contributed by atoms with Crippen molar-refractivity contribution in [1.29, 1.82) is 0 Å². The van der Waals surface area contributed by atoms with Gasteiger partial charge in [-0.25, -0.2) is 0 Å². The molecule has 0 amide bonds. The monoisotopic (exact) mass is 300 g/mol. The number of halogens is 4. The highest BCUT2D eigenvalue weighted by Gasteiger charge is 2.30. The summed E-state index contributed by atoms with van der Waals surface area (Å²) in [4.78, 5) is 0. The van der Waals surface area contributed by atoms with E-state index in [1.54, 1.807) is 12.1 Å². The molecule has 0 saturated heterocycles. The van der Waals surface area contributed by atoms with Crippen molar-refractivity contribution < 1.29 is 17.9 Å². The van der Waals surface area contributed by atoms with Gasteiger partial charge in [0, 0.05) is 11.4 Å². The first-order chi connectivity index (χ1) is 9.45. The summed E-state index contributed by atoms with van der Waals surface area (Å²) in [7, 11) is 0. The maximum Gasteiger partial charge on any atom is 0.416 e. The first kappa shape index (κ1) is 14.7. The van der Waals surface area contributed by atoms with Gasteiger partial charge in [-0.3, -0.25) is 0 Å². The summed E-state index contributed by atoms with van der Waals surface area (Å²) in [6, 6.07) is 12.1. The molecule has 0 saturated carbocycles. The second-order valence-corrected chi connectivity index (χ2v) is 4.69. The van der Waals surface area contributed by atoms with Gasteiger partial charge in [0.25, 0.3) is 0 Å². The Labute approximate surface area is 119 Å². The topological polar surface area (TPSA) is 9.23 Å². The van der Waals surface area contributed by atoms with Gasteiger partial charge in [0.15, 0.2) is 0 Å². The first-order valence-corrected chi connectivity index (χ1v) is 6.37. The summed E-state index contributed by atoms with van der Waals surface area (Å²) in [5, 5.41) is 0.646. The molecule has 0 aromatic heterocycles. The van der Waals surface area contributed by atoms with Crippen molar-refractivity contribution in [2.24, 2.45) is 0 Å². The smallest absolute Gasteiger partial charge is 0.416 e. The highest BCUT2D eigenvalue weighted by molar-refractivity contribution is 6.30. The predicted octanol–water partition coefficient (Wildman–Crippen LogP) is 4.98. The van der Waals surface area contributed by atoms with Crippen molar-refractivity contribution in [3.63, 3.8) is 0 Å². The molecule has 106 valence electrons. The molecule has 5 heteroatoms. The van der Waals surface area contributed by atoms with Crippen LogP contribution in [-0.2, 0) is 12.6 Å². The van der Waals surface area contributed by atoms with Gasteiger partial charge in [0.2, 0.25) is 0 Å². The van der Waals surface area contributed by atoms with Gasteiger partial charge >= 0.3 is 6.18 Å². The fourth-order valence-corrected chi connectivity index (χ4v) is 1.83. The number of benzene rings is 2. The molecular weight excluding hydrogens is 289 g/mol. The molecule has 0 aliphatic heterocycles. The van der Waals surface area contributed by atoms with E-state index in [4.69, 9.17) is 16.3 Å². The van der Waals surface area contributed by atoms with Gasteiger partial charge in [-0.05, 0) is 35.9 Å². The lowest BCUT2D eigenvalue weighted by Gasteiger charge is -2.10. The molecule has 2 rings (SSSR count). The van der Waals surface area contributed by atoms with Crippen molar-refractivity contribution >= 4 is 11.6 Å². The molecule has 0 aliphatic carbocycles. The van der Waals surface area contributed by atoms with Crippen LogP contribution in [0.1, 0.15) is 11.1 Å². The molecular formula is C15H12ClF3O. The van der Waals surface area contributed by atoms with Crippen LogP contribution in [0.5, 0.6) is 5.75 Å². The molecule has 2 aromatic rings. The zero-order valence-electron chi connectivity index (χ0n) is 10.5. The van der Waals surface area contributed by atoms with E-state index in [0.29, 0.717) is 18.1 Å². The molecule has 0 bridgehead atoms. The van der Waals surface area contributed by atoms with E-state index in [-0.39, 0.29) is 5.75 Å². The summed E-state index contributed by atoms with van der Waals surface area (Å²) in [5.74, 6) is 0.216. The second kappa shape index (κ2) is 6.18. The molecule has 0 atom stereocenters. The third-order valence-electron chi connectivity index (χ3n) is 2.73. The minimum Gasteiger partial charge on any atom is -0.493 e. The Hall–Kier alpha value is -1.68. The number of rotatable bonds is 4. The van der Waals surface area contributed by atoms with Crippen LogP contribution >= 0.6 is 11.6 Å². The quantitative estimate of drug-likeness (QED) is 0.773. The Morgan fingerprint density at radius 1 is 1.00 bits per heavy atom. The summed E-state index contributed by atoms with van der Waals surface area (Å²) in [5.41, 5.74) is 0.308. The first-order valence-electron chi connectivity index (χ1n) is 6.00. The van der Waals surface area contributed by atoms with Gasteiger partial charge in [0.1, 0.15) is 5.75 Å². The zero-order chi connectivity index (χ0) is 14.6. The van der Waals surface area contributed by atoms with Crippen LogP contribution in [0.2, 0.25) is 5.02 Å². The van der Waals surface area contributed by atoms with Crippen molar-refractivity contribution in [3.8, 4) is 5.75 Å². The molecule has 0 fully saturated rings. The summed E-state index contributed by atoms with van der Waals surface area (Å²) >= 11 is 5.76. The van der Waals surface area contributed by atoms with Gasteiger partial charge in [-0.1, -0.05) is 29.8 Å². The number of alkyl halides is 3. The van der Waals surface area contributed by atoms with Gasteiger partial charge in [-0.2, -0.15) is 13.2 Å². The van der Waals surface area contributed by atoms with Crippen molar-refractivity contribution in [2.75, 3.05) is 6.61 Å². The molecule has 2 aromatic carbocycles. The molecule has 0 unspecified atom stereocenters. The fourth-order valence-electron chi connectivity index (χ4n) is 1.70. The number of hydrogen-bond donors (Lipinski definition) is 0. The third kappa shape index (κ3) is 4.17. The lowest BCUT2D eigenvalue weighted by atomic mass is 10.2. The van der Waals surface area contributed by atoms with Crippen molar-refractivity contribution in [3.05, 3.63) is 64.7 Å². The van der Waals surface area contributed by atoms with Crippen LogP contribution in [0, 0.1) is 0 Å². The Bertz CT molecular complexity index is 564. The van der Waals surface area contributed by atoms with Gasteiger partial charge < -0.3 is 4.74 Å². The average Bonchev–Trinajstić information content (AvgIpc) is 2.40.